The van der Waals surface area contributed by atoms with E-state index >= 15 is 0 Å². The number of amides is 1. The SMILES string of the molecule is CC(C)NCC(C(=O)N1CCN(c2ncnc3c2[C@@H](C)SC3)[C@@H](C)C1)c1ccc(Cl)cc1. The lowest BCUT2D eigenvalue weighted by molar-refractivity contribution is -0.133. The molecule has 1 aromatic carbocycles. The maximum atomic E-state index is 13.6. The molecular formula is C24H32ClN5OS. The van der Waals surface area contributed by atoms with Gasteiger partial charge in [-0.3, -0.25) is 4.79 Å². The van der Waals surface area contributed by atoms with Gasteiger partial charge in [0.1, 0.15) is 12.1 Å². The van der Waals surface area contributed by atoms with E-state index in [2.05, 4.69) is 47.9 Å². The third-order valence-corrected chi connectivity index (χ3v) is 7.76. The van der Waals surface area contributed by atoms with Gasteiger partial charge < -0.3 is 15.1 Å². The van der Waals surface area contributed by atoms with Crippen molar-refractivity contribution in [2.75, 3.05) is 31.1 Å². The highest BCUT2D eigenvalue weighted by Crippen LogP contribution is 2.44. The number of fused-ring (bicyclic) bond motifs is 1. The second kappa shape index (κ2) is 9.98. The number of nitrogens with zero attached hydrogens (tertiary/aromatic N) is 4. The van der Waals surface area contributed by atoms with E-state index in [1.807, 2.05) is 40.9 Å². The Balaban J connectivity index is 1.51. The van der Waals surface area contributed by atoms with Gasteiger partial charge in [0.25, 0.3) is 0 Å². The zero-order valence-corrected chi connectivity index (χ0v) is 20.8. The molecule has 2 aliphatic heterocycles. The lowest BCUT2D eigenvalue weighted by Crippen LogP contribution is -2.55. The second-order valence-electron chi connectivity index (χ2n) is 9.00. The molecule has 0 aliphatic carbocycles. The number of nitrogens with one attached hydrogen (secondary N) is 1. The number of hydrogen-bond donors (Lipinski definition) is 1. The predicted octanol–water partition coefficient (Wildman–Crippen LogP) is 4.26. The number of rotatable bonds is 6. The Kier molecular flexibility index (Phi) is 7.27. The summed E-state index contributed by atoms with van der Waals surface area (Å²) in [5.41, 5.74) is 3.42. The molecule has 6 nitrogen and oxygen atoms in total. The van der Waals surface area contributed by atoms with Crippen molar-refractivity contribution >= 4 is 35.1 Å². The van der Waals surface area contributed by atoms with Gasteiger partial charge in [0.15, 0.2) is 0 Å². The van der Waals surface area contributed by atoms with Crippen LogP contribution in [0.4, 0.5) is 5.82 Å². The lowest BCUT2D eigenvalue weighted by atomic mass is 9.96. The summed E-state index contributed by atoms with van der Waals surface area (Å²) in [6.45, 7) is 11.4. The zero-order valence-electron chi connectivity index (χ0n) is 19.2. The summed E-state index contributed by atoms with van der Waals surface area (Å²) >= 11 is 8.00. The Bertz CT molecular complexity index is 954. The molecule has 32 heavy (non-hydrogen) atoms. The third-order valence-electron chi connectivity index (χ3n) is 6.33. The van der Waals surface area contributed by atoms with Crippen LogP contribution in [0.1, 0.15) is 55.7 Å². The van der Waals surface area contributed by atoms with Crippen molar-refractivity contribution in [1.82, 2.24) is 20.2 Å². The summed E-state index contributed by atoms with van der Waals surface area (Å²) in [6.07, 6.45) is 1.69. The van der Waals surface area contributed by atoms with Crippen molar-refractivity contribution in [3.8, 4) is 0 Å². The van der Waals surface area contributed by atoms with E-state index < -0.39 is 0 Å². The first kappa shape index (κ1) is 23.3. The van der Waals surface area contributed by atoms with Crippen LogP contribution in [0.3, 0.4) is 0 Å². The topological polar surface area (TPSA) is 61.4 Å². The van der Waals surface area contributed by atoms with Crippen LogP contribution >= 0.6 is 23.4 Å². The molecule has 4 rings (SSSR count). The molecule has 172 valence electrons. The van der Waals surface area contributed by atoms with Crippen LogP contribution in [0.5, 0.6) is 0 Å². The Morgan fingerprint density at radius 3 is 2.66 bits per heavy atom. The lowest BCUT2D eigenvalue weighted by Gasteiger charge is -2.42. The van der Waals surface area contributed by atoms with Crippen LogP contribution in [0.15, 0.2) is 30.6 Å². The summed E-state index contributed by atoms with van der Waals surface area (Å²) in [6, 6.07) is 8.16. The summed E-state index contributed by atoms with van der Waals surface area (Å²) in [5, 5.41) is 4.54. The molecule has 1 aromatic heterocycles. The quantitative estimate of drug-likeness (QED) is 0.676. The maximum Gasteiger partial charge on any atom is 0.231 e. The van der Waals surface area contributed by atoms with Crippen LogP contribution in [-0.2, 0) is 10.5 Å². The van der Waals surface area contributed by atoms with Crippen molar-refractivity contribution in [3.05, 3.63) is 52.4 Å². The van der Waals surface area contributed by atoms with E-state index in [9.17, 15) is 4.79 Å². The summed E-state index contributed by atoms with van der Waals surface area (Å²) < 4.78 is 0. The van der Waals surface area contributed by atoms with Crippen molar-refractivity contribution in [2.24, 2.45) is 0 Å². The van der Waals surface area contributed by atoms with Gasteiger partial charge >= 0.3 is 0 Å². The monoisotopic (exact) mass is 473 g/mol. The molecule has 2 aromatic rings. The van der Waals surface area contributed by atoms with E-state index in [1.54, 1.807) is 6.33 Å². The maximum absolute atomic E-state index is 13.6. The molecule has 1 amide bonds. The van der Waals surface area contributed by atoms with Gasteiger partial charge in [-0.1, -0.05) is 37.6 Å². The minimum absolute atomic E-state index is 0.170. The number of carbonyl (C=O) groups excluding carboxylic acids is 1. The molecule has 8 heteroatoms. The van der Waals surface area contributed by atoms with Gasteiger partial charge in [-0.25, -0.2) is 9.97 Å². The van der Waals surface area contributed by atoms with Gasteiger partial charge in [0.05, 0.1) is 11.6 Å². The number of benzene rings is 1. The van der Waals surface area contributed by atoms with Crippen LogP contribution in [0, 0.1) is 0 Å². The number of anilines is 1. The predicted molar refractivity (Wildman–Crippen MR) is 132 cm³/mol. The second-order valence-corrected chi connectivity index (χ2v) is 10.8. The molecule has 0 bridgehead atoms. The minimum atomic E-state index is -0.229. The van der Waals surface area contributed by atoms with E-state index in [0.29, 0.717) is 35.9 Å². The standard InChI is InChI=1S/C24H32ClN5OS/c1-15(2)26-11-20(18-5-7-19(25)8-6-18)24(31)29-9-10-30(16(3)12-29)23-22-17(4)32-13-21(22)27-14-28-23/h5-8,14-17,20,26H,9-13H2,1-4H3/t16-,17+,20?/m0/s1. The smallest absolute Gasteiger partial charge is 0.231 e. The highest BCUT2D eigenvalue weighted by atomic mass is 35.5. The van der Waals surface area contributed by atoms with Crippen LogP contribution in [0.2, 0.25) is 5.02 Å². The molecule has 3 atom stereocenters. The molecule has 1 saturated heterocycles. The Hall–Kier alpha value is -1.83. The van der Waals surface area contributed by atoms with E-state index in [1.165, 1.54) is 5.56 Å². The van der Waals surface area contributed by atoms with Crippen LogP contribution in [-0.4, -0.2) is 59.0 Å². The average molecular weight is 474 g/mol. The molecule has 1 fully saturated rings. The summed E-state index contributed by atoms with van der Waals surface area (Å²) in [4.78, 5) is 27.2. The molecule has 0 radical (unpaired) electrons. The number of carbonyl (C=O) groups is 1. The number of halogens is 1. The third kappa shape index (κ3) is 4.90. The fourth-order valence-corrected chi connectivity index (χ4v) is 5.73. The first-order valence-corrected chi connectivity index (χ1v) is 12.8. The van der Waals surface area contributed by atoms with Gasteiger partial charge in [-0.15, -0.1) is 11.8 Å². The number of hydrogen-bond acceptors (Lipinski definition) is 6. The van der Waals surface area contributed by atoms with Crippen molar-refractivity contribution < 1.29 is 4.79 Å². The van der Waals surface area contributed by atoms with E-state index in [0.717, 1.165) is 29.4 Å². The van der Waals surface area contributed by atoms with Gasteiger partial charge in [-0.2, -0.15) is 0 Å². The van der Waals surface area contributed by atoms with Crippen LogP contribution in [0.25, 0.3) is 0 Å². The highest BCUT2D eigenvalue weighted by molar-refractivity contribution is 7.99. The van der Waals surface area contributed by atoms with Gasteiger partial charge in [0.2, 0.25) is 5.91 Å². The fraction of sp³-hybridized carbons (Fsp3) is 0.542. The molecule has 1 N–H and O–H groups in total. The van der Waals surface area contributed by atoms with Crippen molar-refractivity contribution in [1.29, 1.82) is 0 Å². The first-order valence-electron chi connectivity index (χ1n) is 11.3. The summed E-state index contributed by atoms with van der Waals surface area (Å²) in [7, 11) is 0. The van der Waals surface area contributed by atoms with Crippen molar-refractivity contribution in [3.63, 3.8) is 0 Å². The van der Waals surface area contributed by atoms with Crippen molar-refractivity contribution in [2.45, 2.75) is 56.7 Å². The van der Waals surface area contributed by atoms with Gasteiger partial charge in [0, 0.05) is 59.9 Å². The molecule has 0 spiro atoms. The molecule has 1 unspecified atom stereocenters. The van der Waals surface area contributed by atoms with Gasteiger partial charge in [-0.05, 0) is 31.5 Å². The Labute approximate surface area is 200 Å². The minimum Gasteiger partial charge on any atom is -0.350 e. The fourth-order valence-electron chi connectivity index (χ4n) is 4.56. The molecular weight excluding hydrogens is 442 g/mol. The Morgan fingerprint density at radius 1 is 1.22 bits per heavy atom. The summed E-state index contributed by atoms with van der Waals surface area (Å²) in [5.74, 6) is 1.93. The van der Waals surface area contributed by atoms with E-state index in [-0.39, 0.29) is 17.9 Å². The Morgan fingerprint density at radius 2 is 1.97 bits per heavy atom. The zero-order chi connectivity index (χ0) is 22.8. The average Bonchev–Trinajstić information content (AvgIpc) is 3.16. The van der Waals surface area contributed by atoms with E-state index in [4.69, 9.17) is 11.6 Å². The number of thioether (sulfide) groups is 1. The molecule has 2 aliphatic rings. The normalized spacial score (nSPS) is 21.7. The molecule has 3 heterocycles. The highest BCUT2D eigenvalue weighted by Gasteiger charge is 2.35. The molecule has 0 saturated carbocycles. The van der Waals surface area contributed by atoms with Crippen LogP contribution < -0.4 is 10.2 Å². The number of piperazine rings is 1. The first-order chi connectivity index (χ1) is 15.3. The number of aromatic nitrogens is 2. The largest absolute Gasteiger partial charge is 0.350 e.